The lowest BCUT2D eigenvalue weighted by Gasteiger charge is -1.95. The van der Waals surface area contributed by atoms with Crippen LogP contribution in [0.5, 0.6) is 5.75 Å². The Hall–Kier alpha value is -1.91. The maximum Gasteiger partial charge on any atom is 0.123 e. The summed E-state index contributed by atoms with van der Waals surface area (Å²) in [5, 5.41) is 20.9. The topological polar surface area (TPSA) is 60.7 Å². The number of aromatic hydroxyl groups is 1. The molecule has 0 radical (unpaired) electrons. The molecule has 0 saturated carbocycles. The first-order chi connectivity index (χ1) is 9.66. The summed E-state index contributed by atoms with van der Waals surface area (Å²) in [6, 6.07) is 12.4. The van der Waals surface area contributed by atoms with Crippen LogP contribution < -0.4 is 0 Å². The summed E-state index contributed by atoms with van der Waals surface area (Å²) in [5.74, 6) is 0.271. The maximum atomic E-state index is 12.6. The second-order valence-electron chi connectivity index (χ2n) is 4.55. The summed E-state index contributed by atoms with van der Waals surface area (Å²) >= 11 is 0. The molecule has 0 aliphatic heterocycles. The highest BCUT2D eigenvalue weighted by Gasteiger charge is 2.09. The Morgan fingerprint density at radius 1 is 0.950 bits per heavy atom. The Balaban J connectivity index is 0.000000182. The van der Waals surface area contributed by atoms with Crippen LogP contribution in [-0.2, 0) is 12.8 Å². The van der Waals surface area contributed by atoms with Crippen molar-refractivity contribution >= 4 is 0 Å². The molecule has 0 amide bonds. The van der Waals surface area contributed by atoms with E-state index < -0.39 is 0 Å². The predicted octanol–water partition coefficient (Wildman–Crippen LogP) is 4.03. The first kappa shape index (κ1) is 16.1. The third-order valence-electron chi connectivity index (χ3n) is 3.18. The minimum atomic E-state index is -0.0966. The number of hydrogen-bond donors (Lipinski definition) is 3. The van der Waals surface area contributed by atoms with Gasteiger partial charge in [-0.2, -0.15) is 0 Å². The molecule has 0 aromatic heterocycles. The fraction of sp³-hybridized carbons (Fsp3) is 0.250. The monoisotopic (exact) mass is 278 g/mol. The van der Waals surface area contributed by atoms with Crippen LogP contribution in [-0.4, -0.2) is 15.6 Å². The van der Waals surface area contributed by atoms with Crippen molar-refractivity contribution in [1.29, 1.82) is 0 Å². The van der Waals surface area contributed by atoms with Gasteiger partial charge >= 0.3 is 0 Å². The number of phenolic OH excluding ortho intramolecular Hbond substituents is 1. The molecule has 0 spiro atoms. The van der Waals surface area contributed by atoms with Crippen LogP contribution in [0.3, 0.4) is 0 Å². The van der Waals surface area contributed by atoms with Gasteiger partial charge in [0.1, 0.15) is 11.6 Å². The van der Waals surface area contributed by atoms with Crippen LogP contribution in [0, 0.1) is 12.7 Å². The van der Waals surface area contributed by atoms with Crippen LogP contribution in [0.25, 0.3) is 0 Å². The van der Waals surface area contributed by atoms with Gasteiger partial charge in [0.25, 0.3) is 0 Å². The Labute approximate surface area is 117 Å². The number of hydrogen-bond acceptors (Lipinski definition) is 3. The van der Waals surface area contributed by atoms with Crippen molar-refractivity contribution in [1.82, 2.24) is 0 Å². The molecule has 0 unspecified atom stereocenters. The summed E-state index contributed by atoms with van der Waals surface area (Å²) in [4.78, 5) is 0. The van der Waals surface area contributed by atoms with E-state index in [2.05, 4.69) is 0 Å². The van der Waals surface area contributed by atoms with Gasteiger partial charge in [-0.25, -0.2) is 4.39 Å². The van der Waals surface area contributed by atoms with Gasteiger partial charge in [-0.3, -0.25) is 10.5 Å². The lowest BCUT2D eigenvalue weighted by molar-refractivity contribution is -0.176. The Morgan fingerprint density at radius 2 is 1.60 bits per heavy atom. The Morgan fingerprint density at radius 3 is 2.20 bits per heavy atom. The molecule has 1 aliphatic carbocycles. The standard InChI is InChI=1S/C9H9F.C7H8O.H2O2/c10-9-5-4-7-2-1-3-8(7)6-9;1-6-4-2-3-5-7(6)8;1-2/h4-6H,1-3H2;2-5,8H,1H3;1-2H. The minimum absolute atomic E-state index is 0.0966. The van der Waals surface area contributed by atoms with E-state index in [9.17, 15) is 4.39 Å². The van der Waals surface area contributed by atoms with Gasteiger partial charge in [0, 0.05) is 0 Å². The van der Waals surface area contributed by atoms with Crippen molar-refractivity contribution in [3.8, 4) is 5.75 Å². The Bertz CT molecular complexity index is 520. The zero-order valence-electron chi connectivity index (χ0n) is 11.4. The van der Waals surface area contributed by atoms with Crippen molar-refractivity contribution < 1.29 is 20.0 Å². The molecule has 0 heterocycles. The van der Waals surface area contributed by atoms with Crippen molar-refractivity contribution in [2.45, 2.75) is 26.2 Å². The zero-order valence-corrected chi connectivity index (χ0v) is 11.4. The fourth-order valence-corrected chi connectivity index (χ4v) is 2.10. The smallest absolute Gasteiger partial charge is 0.123 e. The molecule has 0 atom stereocenters. The summed E-state index contributed by atoms with van der Waals surface area (Å²) in [6.45, 7) is 1.87. The summed E-state index contributed by atoms with van der Waals surface area (Å²) in [6.07, 6.45) is 3.39. The van der Waals surface area contributed by atoms with Crippen molar-refractivity contribution in [2.75, 3.05) is 0 Å². The van der Waals surface area contributed by atoms with E-state index in [1.54, 1.807) is 18.2 Å². The number of rotatable bonds is 0. The van der Waals surface area contributed by atoms with Gasteiger partial charge in [0.2, 0.25) is 0 Å². The largest absolute Gasteiger partial charge is 0.508 e. The molecule has 108 valence electrons. The van der Waals surface area contributed by atoms with Gasteiger partial charge in [-0.1, -0.05) is 24.3 Å². The highest BCUT2D eigenvalue weighted by molar-refractivity contribution is 5.31. The van der Waals surface area contributed by atoms with E-state index in [1.165, 1.54) is 17.5 Å². The average molecular weight is 278 g/mol. The molecule has 2 aromatic rings. The van der Waals surface area contributed by atoms with E-state index in [4.69, 9.17) is 15.6 Å². The molecule has 3 nitrogen and oxygen atoms in total. The van der Waals surface area contributed by atoms with Crippen LogP contribution >= 0.6 is 0 Å². The second kappa shape index (κ2) is 8.30. The minimum Gasteiger partial charge on any atom is -0.508 e. The number of aryl methyl sites for hydroxylation is 3. The highest BCUT2D eigenvalue weighted by atomic mass is 19.1. The summed E-state index contributed by atoms with van der Waals surface area (Å²) in [7, 11) is 0. The third kappa shape index (κ3) is 4.64. The predicted molar refractivity (Wildman–Crippen MR) is 76.5 cm³/mol. The van der Waals surface area contributed by atoms with E-state index in [0.717, 1.165) is 18.4 Å². The molecule has 0 bridgehead atoms. The van der Waals surface area contributed by atoms with E-state index in [1.807, 2.05) is 31.2 Å². The number of para-hydroxylation sites is 1. The fourth-order valence-electron chi connectivity index (χ4n) is 2.10. The molecule has 1 aliphatic rings. The number of phenols is 1. The maximum absolute atomic E-state index is 12.6. The molecule has 0 saturated heterocycles. The second-order valence-corrected chi connectivity index (χ2v) is 4.55. The molecule has 2 aromatic carbocycles. The zero-order chi connectivity index (χ0) is 15.0. The van der Waals surface area contributed by atoms with Crippen LogP contribution in [0.2, 0.25) is 0 Å². The first-order valence-corrected chi connectivity index (χ1v) is 6.39. The van der Waals surface area contributed by atoms with Crippen molar-refractivity contribution in [2.24, 2.45) is 0 Å². The van der Waals surface area contributed by atoms with E-state index in [-0.39, 0.29) is 5.82 Å². The molecule has 4 heteroatoms. The molecular formula is C16H19FO3. The molecule has 0 fully saturated rings. The summed E-state index contributed by atoms with van der Waals surface area (Å²) < 4.78 is 12.6. The normalized spacial score (nSPS) is 11.6. The van der Waals surface area contributed by atoms with Gasteiger partial charge in [-0.15, -0.1) is 0 Å². The van der Waals surface area contributed by atoms with Gasteiger partial charge in [0.15, 0.2) is 0 Å². The van der Waals surface area contributed by atoms with Crippen LogP contribution in [0.15, 0.2) is 42.5 Å². The molecule has 3 N–H and O–H groups in total. The van der Waals surface area contributed by atoms with Gasteiger partial charge < -0.3 is 5.11 Å². The van der Waals surface area contributed by atoms with Crippen LogP contribution in [0.1, 0.15) is 23.1 Å². The summed E-state index contributed by atoms with van der Waals surface area (Å²) in [5.41, 5.74) is 3.47. The van der Waals surface area contributed by atoms with Gasteiger partial charge in [-0.05, 0) is 61.1 Å². The average Bonchev–Trinajstić information content (AvgIpc) is 2.92. The number of halogens is 1. The molecule has 20 heavy (non-hydrogen) atoms. The van der Waals surface area contributed by atoms with E-state index in [0.29, 0.717) is 5.75 Å². The highest BCUT2D eigenvalue weighted by Crippen LogP contribution is 2.21. The van der Waals surface area contributed by atoms with E-state index >= 15 is 0 Å². The lowest BCUT2D eigenvalue weighted by Crippen LogP contribution is -1.82. The lowest BCUT2D eigenvalue weighted by atomic mass is 10.1. The van der Waals surface area contributed by atoms with Crippen LogP contribution in [0.4, 0.5) is 4.39 Å². The quantitative estimate of drug-likeness (QED) is 0.503. The number of benzene rings is 2. The SMILES string of the molecule is Cc1ccccc1O.Fc1ccc2c(c1)CCC2.OO. The third-order valence-corrected chi connectivity index (χ3v) is 3.18. The number of fused-ring (bicyclic) bond motifs is 1. The van der Waals surface area contributed by atoms with Gasteiger partial charge in [0.05, 0.1) is 0 Å². The molecular weight excluding hydrogens is 259 g/mol. The van der Waals surface area contributed by atoms with Crippen molar-refractivity contribution in [3.05, 3.63) is 65.0 Å². The first-order valence-electron chi connectivity index (χ1n) is 6.39. The Kier molecular flexibility index (Phi) is 6.70. The van der Waals surface area contributed by atoms with Crippen molar-refractivity contribution in [3.63, 3.8) is 0 Å². The molecule has 3 rings (SSSR count).